The fourth-order valence-electron chi connectivity index (χ4n) is 2.50. The van der Waals surface area contributed by atoms with E-state index in [9.17, 15) is 4.39 Å². The van der Waals surface area contributed by atoms with Crippen molar-refractivity contribution in [2.24, 2.45) is 0 Å². The number of benzene rings is 2. The molecule has 3 rings (SSSR count). The predicted octanol–water partition coefficient (Wildman–Crippen LogP) is 4.06. The summed E-state index contributed by atoms with van der Waals surface area (Å²) < 4.78 is 19.6. The number of methoxy groups -OCH3 is 1. The lowest BCUT2D eigenvalue weighted by Gasteiger charge is -2.10. The van der Waals surface area contributed by atoms with Gasteiger partial charge in [0.2, 0.25) is 0 Å². The summed E-state index contributed by atoms with van der Waals surface area (Å²) in [7, 11) is 1.64. The second-order valence-electron chi connectivity index (χ2n) is 5.65. The topological polar surface area (TPSA) is 21.3 Å². The van der Waals surface area contributed by atoms with Gasteiger partial charge in [-0.3, -0.25) is 0 Å². The van der Waals surface area contributed by atoms with Crippen molar-refractivity contribution in [3.05, 3.63) is 53.3 Å². The smallest absolute Gasteiger partial charge is 0.131 e. The standard InChI is InChI=1S/C18H20FNO/c1-12-9-14(4-8-18(12)21-2)16-7-3-13(10-17(16)19)11-20-15-5-6-15/h3-4,7-10,15,20H,5-6,11H2,1-2H3. The van der Waals surface area contributed by atoms with Crippen LogP contribution in [0.15, 0.2) is 36.4 Å². The van der Waals surface area contributed by atoms with Gasteiger partial charge < -0.3 is 10.1 Å². The van der Waals surface area contributed by atoms with Gasteiger partial charge in [-0.2, -0.15) is 0 Å². The molecule has 0 bridgehead atoms. The second-order valence-corrected chi connectivity index (χ2v) is 5.65. The fraction of sp³-hybridized carbons (Fsp3) is 0.333. The highest BCUT2D eigenvalue weighted by Gasteiger charge is 2.20. The zero-order valence-electron chi connectivity index (χ0n) is 12.4. The first-order valence-electron chi connectivity index (χ1n) is 7.34. The lowest BCUT2D eigenvalue weighted by Crippen LogP contribution is -2.15. The van der Waals surface area contributed by atoms with Crippen molar-refractivity contribution < 1.29 is 9.13 Å². The van der Waals surface area contributed by atoms with Crippen molar-refractivity contribution >= 4 is 0 Å². The number of halogens is 1. The lowest BCUT2D eigenvalue weighted by atomic mass is 10.0. The molecule has 0 spiro atoms. The molecule has 0 saturated heterocycles. The largest absolute Gasteiger partial charge is 0.496 e. The summed E-state index contributed by atoms with van der Waals surface area (Å²) in [6.45, 7) is 2.71. The molecule has 2 aromatic rings. The molecule has 110 valence electrons. The van der Waals surface area contributed by atoms with Gasteiger partial charge in [0.25, 0.3) is 0 Å². The minimum Gasteiger partial charge on any atom is -0.496 e. The Morgan fingerprint density at radius 3 is 2.62 bits per heavy atom. The quantitative estimate of drug-likeness (QED) is 0.894. The van der Waals surface area contributed by atoms with E-state index in [1.807, 2.05) is 37.3 Å². The first-order chi connectivity index (χ1) is 10.2. The predicted molar refractivity (Wildman–Crippen MR) is 83.0 cm³/mol. The van der Waals surface area contributed by atoms with Crippen molar-refractivity contribution in [1.29, 1.82) is 0 Å². The molecule has 0 unspecified atom stereocenters. The number of aryl methyl sites for hydroxylation is 1. The van der Waals surface area contributed by atoms with E-state index in [-0.39, 0.29) is 5.82 Å². The summed E-state index contributed by atoms with van der Waals surface area (Å²) in [6.07, 6.45) is 2.48. The highest BCUT2D eigenvalue weighted by Crippen LogP contribution is 2.28. The Labute approximate surface area is 125 Å². The van der Waals surface area contributed by atoms with Crippen molar-refractivity contribution in [2.45, 2.75) is 32.4 Å². The maximum atomic E-state index is 14.3. The van der Waals surface area contributed by atoms with Gasteiger partial charge in [-0.25, -0.2) is 4.39 Å². The molecule has 0 radical (unpaired) electrons. The number of nitrogens with one attached hydrogen (secondary N) is 1. The third kappa shape index (κ3) is 3.24. The minimum absolute atomic E-state index is 0.172. The number of rotatable bonds is 5. The Bertz CT molecular complexity index is 650. The third-order valence-corrected chi connectivity index (χ3v) is 3.91. The normalized spacial score (nSPS) is 14.2. The molecule has 0 amide bonds. The van der Waals surface area contributed by atoms with Crippen LogP contribution in [0.1, 0.15) is 24.0 Å². The Morgan fingerprint density at radius 2 is 2.00 bits per heavy atom. The average Bonchev–Trinajstić information content (AvgIpc) is 3.29. The minimum atomic E-state index is -0.172. The molecular formula is C18H20FNO. The molecule has 0 atom stereocenters. The van der Waals surface area contributed by atoms with Crippen LogP contribution in [0.2, 0.25) is 0 Å². The molecule has 21 heavy (non-hydrogen) atoms. The van der Waals surface area contributed by atoms with Gasteiger partial charge in [0.1, 0.15) is 11.6 Å². The molecule has 1 aliphatic carbocycles. The van der Waals surface area contributed by atoms with E-state index in [1.54, 1.807) is 13.2 Å². The van der Waals surface area contributed by atoms with Crippen molar-refractivity contribution in [3.63, 3.8) is 0 Å². The van der Waals surface area contributed by atoms with Crippen molar-refractivity contribution in [1.82, 2.24) is 5.32 Å². The molecule has 1 saturated carbocycles. The van der Waals surface area contributed by atoms with Gasteiger partial charge in [-0.1, -0.05) is 18.2 Å². The van der Waals surface area contributed by atoms with Gasteiger partial charge in [-0.15, -0.1) is 0 Å². The van der Waals surface area contributed by atoms with Gasteiger partial charge >= 0.3 is 0 Å². The summed E-state index contributed by atoms with van der Waals surface area (Å²) in [5.74, 6) is 0.652. The highest BCUT2D eigenvalue weighted by molar-refractivity contribution is 5.66. The van der Waals surface area contributed by atoms with Gasteiger partial charge in [0.15, 0.2) is 0 Å². The van der Waals surface area contributed by atoms with E-state index in [0.29, 0.717) is 11.6 Å². The molecule has 1 fully saturated rings. The monoisotopic (exact) mass is 285 g/mol. The molecular weight excluding hydrogens is 265 g/mol. The first kappa shape index (κ1) is 14.1. The molecule has 2 nitrogen and oxygen atoms in total. The Balaban J connectivity index is 1.82. The van der Waals surface area contributed by atoms with Crippen LogP contribution in [0.5, 0.6) is 5.75 Å². The van der Waals surface area contributed by atoms with Crippen LogP contribution in [0, 0.1) is 12.7 Å². The van der Waals surface area contributed by atoms with E-state index in [1.165, 1.54) is 12.8 Å². The van der Waals surface area contributed by atoms with Crippen LogP contribution in [0.25, 0.3) is 11.1 Å². The summed E-state index contributed by atoms with van der Waals surface area (Å²) in [6, 6.07) is 11.9. The fourth-order valence-corrected chi connectivity index (χ4v) is 2.50. The Kier molecular flexibility index (Phi) is 3.93. The number of hydrogen-bond acceptors (Lipinski definition) is 2. The Hall–Kier alpha value is -1.87. The molecule has 1 N–H and O–H groups in total. The van der Waals surface area contributed by atoms with Gasteiger partial charge in [0, 0.05) is 18.2 Å². The summed E-state index contributed by atoms with van der Waals surface area (Å²) in [5.41, 5.74) is 3.52. The van der Waals surface area contributed by atoms with Crippen LogP contribution >= 0.6 is 0 Å². The summed E-state index contributed by atoms with van der Waals surface area (Å²) >= 11 is 0. The number of ether oxygens (including phenoxy) is 1. The van der Waals surface area contributed by atoms with E-state index >= 15 is 0 Å². The SMILES string of the molecule is COc1ccc(-c2ccc(CNC3CC3)cc2F)cc1C. The lowest BCUT2D eigenvalue weighted by molar-refractivity contribution is 0.412. The zero-order chi connectivity index (χ0) is 14.8. The van der Waals surface area contributed by atoms with Crippen molar-refractivity contribution in [2.75, 3.05) is 7.11 Å². The van der Waals surface area contributed by atoms with Crippen molar-refractivity contribution in [3.8, 4) is 16.9 Å². The molecule has 1 aliphatic rings. The highest BCUT2D eigenvalue weighted by atomic mass is 19.1. The third-order valence-electron chi connectivity index (χ3n) is 3.91. The van der Waals surface area contributed by atoms with E-state index in [4.69, 9.17) is 4.74 Å². The average molecular weight is 285 g/mol. The first-order valence-corrected chi connectivity index (χ1v) is 7.34. The van der Waals surface area contributed by atoms with Crippen LogP contribution in [0.4, 0.5) is 4.39 Å². The molecule has 2 aromatic carbocycles. The molecule has 3 heteroatoms. The molecule has 0 aliphatic heterocycles. The van der Waals surface area contributed by atoms with Crippen LogP contribution < -0.4 is 10.1 Å². The van der Waals surface area contributed by atoms with E-state index in [2.05, 4.69) is 5.32 Å². The van der Waals surface area contributed by atoms with Crippen LogP contribution in [-0.2, 0) is 6.54 Å². The van der Waals surface area contributed by atoms with Gasteiger partial charge in [0.05, 0.1) is 7.11 Å². The maximum Gasteiger partial charge on any atom is 0.131 e. The van der Waals surface area contributed by atoms with E-state index in [0.717, 1.165) is 29.0 Å². The van der Waals surface area contributed by atoms with Crippen LogP contribution in [0.3, 0.4) is 0 Å². The van der Waals surface area contributed by atoms with Gasteiger partial charge in [-0.05, 0) is 54.7 Å². The second kappa shape index (κ2) is 5.86. The Morgan fingerprint density at radius 1 is 1.19 bits per heavy atom. The molecule has 0 aromatic heterocycles. The summed E-state index contributed by atoms with van der Waals surface area (Å²) in [4.78, 5) is 0. The summed E-state index contributed by atoms with van der Waals surface area (Å²) in [5, 5.41) is 3.40. The maximum absolute atomic E-state index is 14.3. The zero-order valence-corrected chi connectivity index (χ0v) is 12.4. The van der Waals surface area contributed by atoms with Crippen LogP contribution in [-0.4, -0.2) is 13.2 Å². The number of hydrogen-bond donors (Lipinski definition) is 1. The molecule has 0 heterocycles. The van der Waals surface area contributed by atoms with E-state index < -0.39 is 0 Å².